The molecule has 0 spiro atoms. The van der Waals surface area contributed by atoms with Gasteiger partial charge in [-0.2, -0.15) is 0 Å². The van der Waals surface area contributed by atoms with Gasteiger partial charge in [0.15, 0.2) is 0 Å². The largest absolute Gasteiger partial charge is 0.393 e. The minimum atomic E-state index is -3.52. The van der Waals surface area contributed by atoms with Gasteiger partial charge in [-0.25, -0.2) is 13.1 Å². The summed E-state index contributed by atoms with van der Waals surface area (Å²) in [6.45, 7) is 0.391. The van der Waals surface area contributed by atoms with Gasteiger partial charge in [0.1, 0.15) is 0 Å². The van der Waals surface area contributed by atoms with Crippen LogP contribution in [0.15, 0.2) is 47.4 Å². The first-order valence-corrected chi connectivity index (χ1v) is 8.70. The van der Waals surface area contributed by atoms with Gasteiger partial charge in [0.25, 0.3) is 0 Å². The van der Waals surface area contributed by atoms with Crippen LogP contribution in [-0.2, 0) is 10.0 Å². The van der Waals surface area contributed by atoms with Crippen molar-refractivity contribution in [3.05, 3.63) is 42.5 Å². The summed E-state index contributed by atoms with van der Waals surface area (Å²) in [7, 11) is -3.52. The lowest BCUT2D eigenvalue weighted by molar-refractivity contribution is 0.178. The average molecular weight is 305 g/mol. The average Bonchev–Trinajstić information content (AvgIpc) is 2.90. The quantitative estimate of drug-likeness (QED) is 0.910. The van der Waals surface area contributed by atoms with Crippen LogP contribution in [0.1, 0.15) is 19.3 Å². The normalized spacial score (nSPS) is 22.7. The Morgan fingerprint density at radius 2 is 1.86 bits per heavy atom. The molecule has 0 aliphatic heterocycles. The molecule has 4 nitrogen and oxygen atoms in total. The van der Waals surface area contributed by atoms with E-state index in [1.54, 1.807) is 12.1 Å². The Hall–Kier alpha value is -1.43. The standard InChI is InChI=1S/C16H19NO3S/c18-14-9-8-12(10-14)11-17-21(19,20)16-7-3-5-13-4-1-2-6-15(13)16/h1-7,12,14,17-18H,8-11H2. The summed E-state index contributed by atoms with van der Waals surface area (Å²) in [6, 6.07) is 12.8. The first-order valence-electron chi connectivity index (χ1n) is 7.22. The van der Waals surface area contributed by atoms with Crippen LogP contribution in [0, 0.1) is 5.92 Å². The second-order valence-corrected chi connectivity index (χ2v) is 7.40. The Morgan fingerprint density at radius 3 is 2.62 bits per heavy atom. The maximum atomic E-state index is 12.5. The molecule has 112 valence electrons. The fourth-order valence-electron chi connectivity index (χ4n) is 2.97. The van der Waals surface area contributed by atoms with Crippen molar-refractivity contribution in [3.63, 3.8) is 0 Å². The molecule has 0 aromatic heterocycles. The molecule has 1 aliphatic rings. The Kier molecular flexibility index (Phi) is 3.97. The van der Waals surface area contributed by atoms with Gasteiger partial charge >= 0.3 is 0 Å². The van der Waals surface area contributed by atoms with E-state index in [9.17, 15) is 13.5 Å². The van der Waals surface area contributed by atoms with Crippen molar-refractivity contribution in [2.24, 2.45) is 5.92 Å². The second-order valence-electron chi connectivity index (χ2n) is 5.66. The first-order chi connectivity index (χ1) is 10.1. The molecule has 0 radical (unpaired) electrons. The summed E-state index contributed by atoms with van der Waals surface area (Å²) in [4.78, 5) is 0.319. The lowest BCUT2D eigenvalue weighted by Crippen LogP contribution is -2.29. The number of sulfonamides is 1. The van der Waals surface area contributed by atoms with Crippen molar-refractivity contribution < 1.29 is 13.5 Å². The molecule has 2 N–H and O–H groups in total. The predicted octanol–water partition coefficient (Wildman–Crippen LogP) is 2.28. The number of rotatable bonds is 4. The van der Waals surface area contributed by atoms with E-state index >= 15 is 0 Å². The molecule has 21 heavy (non-hydrogen) atoms. The van der Waals surface area contributed by atoms with Gasteiger partial charge in [0.2, 0.25) is 10.0 Å². The van der Waals surface area contributed by atoms with Crippen LogP contribution in [0.4, 0.5) is 0 Å². The van der Waals surface area contributed by atoms with Gasteiger partial charge in [0, 0.05) is 11.9 Å². The van der Waals surface area contributed by atoms with E-state index in [1.807, 2.05) is 30.3 Å². The van der Waals surface area contributed by atoms with E-state index in [0.29, 0.717) is 17.9 Å². The summed E-state index contributed by atoms with van der Waals surface area (Å²) in [5, 5.41) is 11.2. The number of nitrogens with one attached hydrogen (secondary N) is 1. The van der Waals surface area contributed by atoms with Crippen molar-refractivity contribution in [2.45, 2.75) is 30.3 Å². The molecule has 3 rings (SSSR count). The molecule has 2 unspecified atom stereocenters. The fraction of sp³-hybridized carbons (Fsp3) is 0.375. The summed E-state index contributed by atoms with van der Waals surface area (Å²) < 4.78 is 27.7. The summed E-state index contributed by atoms with van der Waals surface area (Å²) in [5.41, 5.74) is 0. The predicted molar refractivity (Wildman–Crippen MR) is 82.5 cm³/mol. The molecule has 0 amide bonds. The van der Waals surface area contributed by atoms with Gasteiger partial charge < -0.3 is 5.11 Å². The molecule has 1 aliphatic carbocycles. The summed E-state index contributed by atoms with van der Waals surface area (Å²) in [5.74, 6) is 0.227. The third-order valence-electron chi connectivity index (χ3n) is 4.11. The molecule has 1 fully saturated rings. The molecule has 5 heteroatoms. The number of aliphatic hydroxyl groups excluding tert-OH is 1. The zero-order valence-corrected chi connectivity index (χ0v) is 12.5. The maximum absolute atomic E-state index is 12.5. The van der Waals surface area contributed by atoms with Gasteiger partial charge in [-0.05, 0) is 36.6 Å². The first kappa shape index (κ1) is 14.5. The fourth-order valence-corrected chi connectivity index (χ4v) is 4.31. The molecule has 2 aromatic rings. The zero-order valence-electron chi connectivity index (χ0n) is 11.7. The number of hydrogen-bond donors (Lipinski definition) is 2. The highest BCUT2D eigenvalue weighted by Crippen LogP contribution is 2.26. The van der Waals surface area contributed by atoms with Crippen molar-refractivity contribution in [1.82, 2.24) is 4.72 Å². The third kappa shape index (κ3) is 3.10. The topological polar surface area (TPSA) is 66.4 Å². The van der Waals surface area contributed by atoms with Gasteiger partial charge in [0.05, 0.1) is 11.0 Å². The number of hydrogen-bond acceptors (Lipinski definition) is 3. The third-order valence-corrected chi connectivity index (χ3v) is 5.60. The molecule has 1 saturated carbocycles. The van der Waals surface area contributed by atoms with Crippen LogP contribution >= 0.6 is 0 Å². The highest BCUT2D eigenvalue weighted by molar-refractivity contribution is 7.89. The van der Waals surface area contributed by atoms with Crippen molar-refractivity contribution in [1.29, 1.82) is 0 Å². The molecular formula is C16H19NO3S. The Balaban J connectivity index is 1.83. The van der Waals surface area contributed by atoms with Crippen LogP contribution < -0.4 is 4.72 Å². The molecule has 0 bridgehead atoms. The van der Waals surface area contributed by atoms with E-state index in [-0.39, 0.29) is 12.0 Å². The van der Waals surface area contributed by atoms with Crippen molar-refractivity contribution in [2.75, 3.05) is 6.54 Å². The Labute approximate surface area is 124 Å². The number of aliphatic hydroxyl groups is 1. The Bertz CT molecular complexity index is 737. The molecule has 2 atom stereocenters. The van der Waals surface area contributed by atoms with Crippen LogP contribution in [0.2, 0.25) is 0 Å². The smallest absolute Gasteiger partial charge is 0.241 e. The Morgan fingerprint density at radius 1 is 1.10 bits per heavy atom. The second kappa shape index (κ2) is 5.75. The van der Waals surface area contributed by atoms with Crippen molar-refractivity contribution >= 4 is 20.8 Å². The molecule has 0 heterocycles. The maximum Gasteiger partial charge on any atom is 0.241 e. The summed E-state index contributed by atoms with van der Waals surface area (Å²) in [6.07, 6.45) is 2.04. The number of fused-ring (bicyclic) bond motifs is 1. The van der Waals surface area contributed by atoms with E-state index in [0.717, 1.165) is 23.6 Å². The van der Waals surface area contributed by atoms with E-state index in [4.69, 9.17) is 0 Å². The lowest BCUT2D eigenvalue weighted by atomic mass is 10.1. The lowest BCUT2D eigenvalue weighted by Gasteiger charge is -2.13. The van der Waals surface area contributed by atoms with Crippen LogP contribution in [0.25, 0.3) is 10.8 Å². The van der Waals surface area contributed by atoms with Crippen LogP contribution in [-0.4, -0.2) is 26.2 Å². The number of benzene rings is 2. The van der Waals surface area contributed by atoms with E-state index in [1.165, 1.54) is 0 Å². The van der Waals surface area contributed by atoms with E-state index < -0.39 is 10.0 Å². The van der Waals surface area contributed by atoms with Crippen molar-refractivity contribution in [3.8, 4) is 0 Å². The highest BCUT2D eigenvalue weighted by atomic mass is 32.2. The minimum absolute atomic E-state index is 0.227. The van der Waals surface area contributed by atoms with Gasteiger partial charge in [-0.1, -0.05) is 36.4 Å². The SMILES string of the molecule is O=S(=O)(NCC1CCC(O)C1)c1cccc2ccccc12. The monoisotopic (exact) mass is 305 g/mol. The van der Waals surface area contributed by atoms with Gasteiger partial charge in [-0.15, -0.1) is 0 Å². The van der Waals surface area contributed by atoms with Crippen LogP contribution in [0.3, 0.4) is 0 Å². The molecule has 0 saturated heterocycles. The van der Waals surface area contributed by atoms with Gasteiger partial charge in [-0.3, -0.25) is 0 Å². The van der Waals surface area contributed by atoms with Crippen LogP contribution in [0.5, 0.6) is 0 Å². The molecule has 2 aromatic carbocycles. The minimum Gasteiger partial charge on any atom is -0.393 e. The highest BCUT2D eigenvalue weighted by Gasteiger charge is 2.25. The summed E-state index contributed by atoms with van der Waals surface area (Å²) >= 11 is 0. The molecular weight excluding hydrogens is 286 g/mol. The van der Waals surface area contributed by atoms with E-state index in [2.05, 4.69) is 4.72 Å². The zero-order chi connectivity index (χ0) is 14.9.